The second-order valence-electron chi connectivity index (χ2n) is 4.43. The van der Waals surface area contributed by atoms with E-state index in [4.69, 9.17) is 0 Å². The molecule has 0 bridgehead atoms. The minimum atomic E-state index is -0.0396. The molecule has 0 radical (unpaired) electrons. The minimum absolute atomic E-state index is 0.0131. The van der Waals surface area contributed by atoms with Gasteiger partial charge in [0.25, 0.3) is 5.91 Å². The van der Waals surface area contributed by atoms with E-state index in [9.17, 15) is 4.79 Å². The predicted octanol–water partition coefficient (Wildman–Crippen LogP) is 3.76. The Morgan fingerprint density at radius 2 is 2.00 bits per heavy atom. The molecule has 4 heteroatoms. The topological polar surface area (TPSA) is 34.0 Å². The zero-order valence-electron chi connectivity index (χ0n) is 11.1. The normalized spacial score (nSPS) is 12.2. The van der Waals surface area contributed by atoms with E-state index >= 15 is 0 Å². The fourth-order valence-corrected chi connectivity index (χ4v) is 2.27. The number of hydrogen-bond acceptors (Lipinski definition) is 1. The summed E-state index contributed by atoms with van der Waals surface area (Å²) in [6.45, 7) is 4.80. The van der Waals surface area contributed by atoms with Crippen LogP contribution in [-0.4, -0.2) is 10.5 Å². The summed E-state index contributed by atoms with van der Waals surface area (Å²) in [5.41, 5.74) is 1.79. The van der Waals surface area contributed by atoms with Crippen LogP contribution in [0.25, 0.3) is 0 Å². The van der Waals surface area contributed by atoms with Crippen LogP contribution in [0.1, 0.15) is 35.9 Å². The summed E-state index contributed by atoms with van der Waals surface area (Å²) >= 11 is 3.41. The van der Waals surface area contributed by atoms with Gasteiger partial charge < -0.3 is 9.88 Å². The molecule has 100 valence electrons. The van der Waals surface area contributed by atoms with Crippen molar-refractivity contribution in [1.82, 2.24) is 9.88 Å². The molecule has 0 saturated heterocycles. The highest BCUT2D eigenvalue weighted by atomic mass is 79.9. The van der Waals surface area contributed by atoms with Crippen LogP contribution < -0.4 is 5.32 Å². The molecule has 0 fully saturated rings. The number of benzene rings is 1. The molecule has 0 aliphatic carbocycles. The van der Waals surface area contributed by atoms with Crippen LogP contribution in [0, 0.1) is 0 Å². The van der Waals surface area contributed by atoms with Gasteiger partial charge in [-0.15, -0.1) is 0 Å². The van der Waals surface area contributed by atoms with Gasteiger partial charge in [-0.3, -0.25) is 4.79 Å². The van der Waals surface area contributed by atoms with Crippen LogP contribution >= 0.6 is 15.9 Å². The van der Waals surface area contributed by atoms with Crippen molar-refractivity contribution < 1.29 is 4.79 Å². The molecule has 1 aromatic carbocycles. The number of hydrogen-bond donors (Lipinski definition) is 1. The van der Waals surface area contributed by atoms with Gasteiger partial charge in [-0.25, -0.2) is 0 Å². The van der Waals surface area contributed by atoms with E-state index in [0.29, 0.717) is 5.69 Å². The average molecular weight is 321 g/mol. The molecule has 3 nitrogen and oxygen atoms in total. The lowest BCUT2D eigenvalue weighted by Crippen LogP contribution is -2.28. The Hall–Kier alpha value is -1.55. The maximum absolute atomic E-state index is 12.2. The molecule has 1 heterocycles. The second-order valence-corrected chi connectivity index (χ2v) is 5.34. The fraction of sp³-hybridized carbons (Fsp3) is 0.267. The van der Waals surface area contributed by atoms with Crippen molar-refractivity contribution in [2.75, 3.05) is 0 Å². The Kier molecular flexibility index (Phi) is 4.43. The van der Waals surface area contributed by atoms with Crippen LogP contribution in [0.5, 0.6) is 0 Å². The number of rotatable bonds is 4. The van der Waals surface area contributed by atoms with Crippen LogP contribution in [0.15, 0.2) is 47.1 Å². The van der Waals surface area contributed by atoms with E-state index in [1.54, 1.807) is 0 Å². The monoisotopic (exact) mass is 320 g/mol. The average Bonchev–Trinajstić information content (AvgIpc) is 2.87. The third-order valence-corrected chi connectivity index (χ3v) is 3.65. The van der Waals surface area contributed by atoms with E-state index < -0.39 is 0 Å². The summed E-state index contributed by atoms with van der Waals surface area (Å²) in [5.74, 6) is -0.0396. The van der Waals surface area contributed by atoms with Gasteiger partial charge in [-0.05, 0) is 43.7 Å². The highest BCUT2D eigenvalue weighted by Gasteiger charge is 2.13. The third-order valence-electron chi connectivity index (χ3n) is 3.12. The van der Waals surface area contributed by atoms with Gasteiger partial charge in [0.2, 0.25) is 0 Å². The molecular formula is C15H17BrN2O. The standard InChI is InChI=1S/C15H17BrN2O/c1-3-18-10-4-5-14(18)15(19)17-11(2)12-6-8-13(16)9-7-12/h4-11H,3H2,1-2H3,(H,17,19). The molecule has 1 aromatic heterocycles. The maximum Gasteiger partial charge on any atom is 0.268 e. The number of carbonyl (C=O) groups is 1. The van der Waals surface area contributed by atoms with Gasteiger partial charge in [-0.2, -0.15) is 0 Å². The largest absolute Gasteiger partial charge is 0.344 e. The van der Waals surface area contributed by atoms with Gasteiger partial charge >= 0.3 is 0 Å². The van der Waals surface area contributed by atoms with Crippen molar-refractivity contribution in [3.8, 4) is 0 Å². The van der Waals surface area contributed by atoms with Gasteiger partial charge in [-0.1, -0.05) is 28.1 Å². The van der Waals surface area contributed by atoms with Crippen molar-refractivity contribution in [1.29, 1.82) is 0 Å². The summed E-state index contributed by atoms with van der Waals surface area (Å²) in [7, 11) is 0. The smallest absolute Gasteiger partial charge is 0.268 e. The highest BCUT2D eigenvalue weighted by molar-refractivity contribution is 9.10. The first-order valence-electron chi connectivity index (χ1n) is 6.33. The van der Waals surface area contributed by atoms with Crippen molar-refractivity contribution >= 4 is 21.8 Å². The molecule has 19 heavy (non-hydrogen) atoms. The van der Waals surface area contributed by atoms with Gasteiger partial charge in [0.05, 0.1) is 6.04 Å². The molecule has 2 rings (SSSR count). The second kappa shape index (κ2) is 6.06. The lowest BCUT2D eigenvalue weighted by Gasteiger charge is -2.15. The number of amides is 1. The fourth-order valence-electron chi connectivity index (χ4n) is 2.00. The summed E-state index contributed by atoms with van der Waals surface area (Å²) in [5, 5.41) is 3.02. The number of aryl methyl sites for hydroxylation is 1. The van der Waals surface area contributed by atoms with Crippen LogP contribution in [-0.2, 0) is 6.54 Å². The zero-order chi connectivity index (χ0) is 13.8. The van der Waals surface area contributed by atoms with Crippen LogP contribution in [0.3, 0.4) is 0 Å². The summed E-state index contributed by atoms with van der Waals surface area (Å²) < 4.78 is 2.97. The quantitative estimate of drug-likeness (QED) is 0.914. The van der Waals surface area contributed by atoms with Gasteiger partial charge in [0.1, 0.15) is 5.69 Å². The molecular weight excluding hydrogens is 304 g/mol. The SMILES string of the molecule is CCn1cccc1C(=O)NC(C)c1ccc(Br)cc1. The Labute approximate surface area is 121 Å². The Balaban J connectivity index is 2.08. The molecule has 1 atom stereocenters. The van der Waals surface area contributed by atoms with E-state index in [-0.39, 0.29) is 11.9 Å². The Morgan fingerprint density at radius 1 is 1.32 bits per heavy atom. The number of carbonyl (C=O) groups excluding carboxylic acids is 1. The zero-order valence-corrected chi connectivity index (χ0v) is 12.6. The van der Waals surface area contributed by atoms with E-state index in [2.05, 4.69) is 21.2 Å². The predicted molar refractivity (Wildman–Crippen MR) is 80.1 cm³/mol. The summed E-state index contributed by atoms with van der Waals surface area (Å²) in [6, 6.07) is 11.7. The Morgan fingerprint density at radius 3 is 2.63 bits per heavy atom. The lowest BCUT2D eigenvalue weighted by molar-refractivity contribution is 0.0930. The van der Waals surface area contributed by atoms with E-state index in [1.807, 2.05) is 61.0 Å². The highest BCUT2D eigenvalue weighted by Crippen LogP contribution is 2.17. The first-order valence-corrected chi connectivity index (χ1v) is 7.12. The molecule has 1 unspecified atom stereocenters. The molecule has 0 aliphatic rings. The molecule has 0 spiro atoms. The molecule has 2 aromatic rings. The molecule has 0 saturated carbocycles. The van der Waals surface area contributed by atoms with Crippen molar-refractivity contribution in [2.45, 2.75) is 26.4 Å². The number of aromatic nitrogens is 1. The first kappa shape index (κ1) is 13.9. The summed E-state index contributed by atoms with van der Waals surface area (Å²) in [6.07, 6.45) is 1.92. The van der Waals surface area contributed by atoms with E-state index in [1.165, 1.54) is 0 Å². The Bertz CT molecular complexity index is 560. The summed E-state index contributed by atoms with van der Waals surface area (Å²) in [4.78, 5) is 12.2. The number of halogens is 1. The molecule has 1 amide bonds. The number of nitrogens with one attached hydrogen (secondary N) is 1. The van der Waals surface area contributed by atoms with Gasteiger partial charge in [0.15, 0.2) is 0 Å². The van der Waals surface area contributed by atoms with Crippen LogP contribution in [0.2, 0.25) is 0 Å². The molecule has 1 N–H and O–H groups in total. The van der Waals surface area contributed by atoms with Crippen molar-refractivity contribution in [3.05, 3.63) is 58.3 Å². The minimum Gasteiger partial charge on any atom is -0.344 e. The van der Waals surface area contributed by atoms with Crippen molar-refractivity contribution in [2.24, 2.45) is 0 Å². The van der Waals surface area contributed by atoms with Gasteiger partial charge in [0, 0.05) is 17.2 Å². The third kappa shape index (κ3) is 3.26. The van der Waals surface area contributed by atoms with E-state index in [0.717, 1.165) is 16.6 Å². The van der Waals surface area contributed by atoms with Crippen molar-refractivity contribution in [3.63, 3.8) is 0 Å². The molecule has 0 aliphatic heterocycles. The first-order chi connectivity index (χ1) is 9.11. The maximum atomic E-state index is 12.2. The number of nitrogens with zero attached hydrogens (tertiary/aromatic N) is 1. The lowest BCUT2D eigenvalue weighted by atomic mass is 10.1. The van der Waals surface area contributed by atoms with Crippen LogP contribution in [0.4, 0.5) is 0 Å².